The van der Waals surface area contributed by atoms with Crippen LogP contribution in [0.4, 0.5) is 8.78 Å². The predicted octanol–water partition coefficient (Wildman–Crippen LogP) is 4.62. The first-order valence-corrected chi connectivity index (χ1v) is 11.7. The Morgan fingerprint density at radius 1 is 1.10 bits per heavy atom. The maximum Gasteiger partial charge on any atom is 0.266 e. The lowest BCUT2D eigenvalue weighted by Crippen LogP contribution is -2.38. The quantitative estimate of drug-likeness (QED) is 0.458. The lowest BCUT2D eigenvalue weighted by molar-refractivity contribution is -0.122. The number of nitrogens with zero attached hydrogens (tertiary/aromatic N) is 2. The Morgan fingerprint density at radius 2 is 1.90 bits per heavy atom. The number of hydrogen-bond acceptors (Lipinski definition) is 6. The second kappa shape index (κ2) is 9.65. The molecule has 9 heteroatoms. The van der Waals surface area contributed by atoms with Gasteiger partial charge in [-0.2, -0.15) is 0 Å². The van der Waals surface area contributed by atoms with Crippen molar-refractivity contribution < 1.29 is 18.3 Å². The van der Waals surface area contributed by atoms with Crippen molar-refractivity contribution in [2.45, 2.75) is 6.42 Å². The van der Waals surface area contributed by atoms with Gasteiger partial charge in [0.05, 0.1) is 18.1 Å². The van der Waals surface area contributed by atoms with Gasteiger partial charge in [-0.05, 0) is 47.2 Å². The molecule has 4 nitrogen and oxygen atoms in total. The lowest BCUT2D eigenvalue weighted by Gasteiger charge is -2.27. The van der Waals surface area contributed by atoms with Gasteiger partial charge in [-0.3, -0.25) is 14.6 Å². The van der Waals surface area contributed by atoms with Crippen LogP contribution in [0.25, 0.3) is 17.2 Å². The molecule has 0 atom stereocenters. The van der Waals surface area contributed by atoms with Crippen LogP contribution in [0.1, 0.15) is 11.3 Å². The van der Waals surface area contributed by atoms with Crippen LogP contribution in [0, 0.1) is 11.6 Å². The Balaban J connectivity index is 1.39. The first kappa shape index (κ1) is 21.6. The molecule has 0 aliphatic carbocycles. The molecule has 0 bridgehead atoms. The Bertz CT molecular complexity index is 986. The average Bonchev–Trinajstić information content (AvgIpc) is 3.31. The first-order chi connectivity index (χ1) is 14.5. The Labute approximate surface area is 187 Å². The van der Waals surface area contributed by atoms with Crippen molar-refractivity contribution in [2.24, 2.45) is 0 Å². The van der Waals surface area contributed by atoms with Crippen molar-refractivity contribution in [1.29, 1.82) is 0 Å². The monoisotopic (exact) mass is 466 g/mol. The summed E-state index contributed by atoms with van der Waals surface area (Å²) < 4.78 is 32.6. The van der Waals surface area contributed by atoms with Crippen LogP contribution < -0.4 is 0 Å². The smallest absolute Gasteiger partial charge is 0.266 e. The summed E-state index contributed by atoms with van der Waals surface area (Å²) in [6.45, 7) is 4.90. The van der Waals surface area contributed by atoms with Crippen LogP contribution in [0.15, 0.2) is 34.6 Å². The number of carbonyl (C=O) groups is 1. The fourth-order valence-corrected chi connectivity index (χ4v) is 5.58. The van der Waals surface area contributed by atoms with Crippen molar-refractivity contribution >= 4 is 51.6 Å². The number of hydrogen-bond donors (Lipinski definition) is 0. The molecule has 2 aromatic rings. The van der Waals surface area contributed by atoms with Gasteiger partial charge in [0.2, 0.25) is 0 Å². The summed E-state index contributed by atoms with van der Waals surface area (Å²) in [6.07, 6.45) is 2.67. The van der Waals surface area contributed by atoms with Crippen LogP contribution >= 0.6 is 35.3 Å². The molecule has 1 aromatic carbocycles. The molecular formula is C21H20F2N2O2S3. The lowest BCUT2D eigenvalue weighted by atomic mass is 10.1. The number of amides is 1. The summed E-state index contributed by atoms with van der Waals surface area (Å²) in [7, 11) is 0. The van der Waals surface area contributed by atoms with E-state index < -0.39 is 11.6 Å². The second-order valence-electron chi connectivity index (χ2n) is 7.01. The third kappa shape index (κ3) is 4.97. The topological polar surface area (TPSA) is 32.8 Å². The van der Waals surface area contributed by atoms with Crippen LogP contribution in [-0.2, 0) is 9.53 Å². The Kier molecular flexibility index (Phi) is 6.94. The average molecular weight is 467 g/mol. The molecule has 0 radical (unpaired) electrons. The molecule has 1 aromatic heterocycles. The van der Waals surface area contributed by atoms with Crippen molar-refractivity contribution in [3.8, 4) is 11.1 Å². The van der Waals surface area contributed by atoms with Crippen LogP contribution in [0.3, 0.4) is 0 Å². The molecule has 0 saturated carbocycles. The van der Waals surface area contributed by atoms with Gasteiger partial charge in [0.1, 0.15) is 4.32 Å². The third-order valence-corrected chi connectivity index (χ3v) is 7.24. The molecule has 2 aliphatic rings. The molecule has 3 heterocycles. The molecule has 30 heavy (non-hydrogen) atoms. The zero-order valence-corrected chi connectivity index (χ0v) is 18.6. The minimum absolute atomic E-state index is 0.0743. The van der Waals surface area contributed by atoms with E-state index in [9.17, 15) is 13.6 Å². The summed E-state index contributed by atoms with van der Waals surface area (Å²) in [5.41, 5.74) is 1.38. The van der Waals surface area contributed by atoms with Gasteiger partial charge >= 0.3 is 0 Å². The van der Waals surface area contributed by atoms with E-state index in [0.29, 0.717) is 21.3 Å². The molecule has 0 unspecified atom stereocenters. The zero-order chi connectivity index (χ0) is 21.1. The van der Waals surface area contributed by atoms with Crippen molar-refractivity contribution in [3.05, 3.63) is 51.1 Å². The SMILES string of the molecule is O=C1C(=Cc2cc(-c3ccc(F)c(F)c3)cs2)SC(=S)N1CCCN1CCOCC1. The Morgan fingerprint density at radius 3 is 2.67 bits per heavy atom. The number of rotatable bonds is 6. The number of thiophene rings is 1. The molecule has 2 aliphatic heterocycles. The van der Waals surface area contributed by atoms with E-state index in [-0.39, 0.29) is 5.91 Å². The number of halogens is 2. The number of benzene rings is 1. The minimum atomic E-state index is -0.877. The predicted molar refractivity (Wildman–Crippen MR) is 121 cm³/mol. The second-order valence-corrected chi connectivity index (χ2v) is 9.63. The first-order valence-electron chi connectivity index (χ1n) is 9.61. The number of thioether (sulfide) groups is 1. The standard InChI is InChI=1S/C21H20F2N2O2S3/c22-17-3-2-14(11-18(17)23)15-10-16(29-13-15)12-19-20(26)25(21(28)30-19)5-1-4-24-6-8-27-9-7-24/h2-3,10-13H,1,4-9H2. The number of thiocarbonyl (C=S) groups is 1. The van der Waals surface area contributed by atoms with Crippen molar-refractivity contribution in [1.82, 2.24) is 9.80 Å². The summed E-state index contributed by atoms with van der Waals surface area (Å²) >= 11 is 8.16. The fourth-order valence-electron chi connectivity index (χ4n) is 3.35. The summed E-state index contributed by atoms with van der Waals surface area (Å²) in [5.74, 6) is -1.82. The van der Waals surface area contributed by atoms with Gasteiger partial charge < -0.3 is 4.74 Å². The molecule has 2 saturated heterocycles. The molecule has 158 valence electrons. The number of carbonyl (C=O) groups excluding carboxylic acids is 1. The highest BCUT2D eigenvalue weighted by molar-refractivity contribution is 8.26. The summed E-state index contributed by atoms with van der Waals surface area (Å²) in [5, 5.41) is 1.86. The highest BCUT2D eigenvalue weighted by Crippen LogP contribution is 2.35. The fraction of sp³-hybridized carbons (Fsp3) is 0.333. The van der Waals surface area contributed by atoms with E-state index in [0.717, 1.165) is 55.8 Å². The molecule has 4 rings (SSSR count). The normalized spacial score (nSPS) is 19.3. The number of morpholine rings is 1. The van der Waals surface area contributed by atoms with E-state index in [1.807, 2.05) is 17.5 Å². The van der Waals surface area contributed by atoms with Crippen molar-refractivity contribution in [2.75, 3.05) is 39.4 Å². The van der Waals surface area contributed by atoms with E-state index in [2.05, 4.69) is 4.90 Å². The highest BCUT2D eigenvalue weighted by Gasteiger charge is 2.31. The molecular weight excluding hydrogens is 446 g/mol. The third-order valence-electron chi connectivity index (χ3n) is 4.98. The van der Waals surface area contributed by atoms with E-state index in [1.54, 1.807) is 4.90 Å². The molecule has 1 amide bonds. The zero-order valence-electron chi connectivity index (χ0n) is 16.1. The van der Waals surface area contributed by atoms with Gasteiger partial charge in [0.15, 0.2) is 11.6 Å². The molecule has 2 fully saturated rings. The van der Waals surface area contributed by atoms with E-state index in [4.69, 9.17) is 17.0 Å². The van der Waals surface area contributed by atoms with Crippen molar-refractivity contribution in [3.63, 3.8) is 0 Å². The van der Waals surface area contributed by atoms with Gasteiger partial charge in [0.25, 0.3) is 5.91 Å². The van der Waals surface area contributed by atoms with Gasteiger partial charge in [-0.1, -0.05) is 30.0 Å². The van der Waals surface area contributed by atoms with Gasteiger partial charge in [-0.25, -0.2) is 8.78 Å². The number of ether oxygens (including phenoxy) is 1. The largest absolute Gasteiger partial charge is 0.379 e. The van der Waals surface area contributed by atoms with Gasteiger partial charge in [0, 0.05) is 31.1 Å². The maximum absolute atomic E-state index is 13.5. The van der Waals surface area contributed by atoms with Crippen LogP contribution in [0.5, 0.6) is 0 Å². The van der Waals surface area contributed by atoms with Crippen LogP contribution in [-0.4, -0.2) is 59.4 Å². The van der Waals surface area contributed by atoms with E-state index in [1.165, 1.54) is 35.2 Å². The van der Waals surface area contributed by atoms with E-state index >= 15 is 0 Å². The Hall–Kier alpha value is -1.65. The molecule has 0 N–H and O–H groups in total. The minimum Gasteiger partial charge on any atom is -0.379 e. The maximum atomic E-state index is 13.5. The van der Waals surface area contributed by atoms with Crippen LogP contribution in [0.2, 0.25) is 0 Å². The summed E-state index contributed by atoms with van der Waals surface area (Å²) in [4.78, 5) is 18.2. The molecule has 0 spiro atoms. The van der Waals surface area contributed by atoms with Gasteiger partial charge in [-0.15, -0.1) is 11.3 Å². The summed E-state index contributed by atoms with van der Waals surface area (Å²) in [6, 6.07) is 5.69. The highest BCUT2D eigenvalue weighted by atomic mass is 32.2.